The van der Waals surface area contributed by atoms with E-state index in [9.17, 15) is 0 Å². The van der Waals surface area contributed by atoms with Gasteiger partial charge in [-0.25, -0.2) is 0 Å². The van der Waals surface area contributed by atoms with Crippen LogP contribution in [-0.2, 0) is 0 Å². The number of benzene rings is 1. The van der Waals surface area contributed by atoms with Gasteiger partial charge in [-0.1, -0.05) is 49.1 Å². The summed E-state index contributed by atoms with van der Waals surface area (Å²) in [6.45, 7) is 3.68. The number of hydrogen-bond acceptors (Lipinski definition) is 0. The Morgan fingerprint density at radius 3 is 2.25 bits per heavy atom. The molecule has 0 saturated carbocycles. The molecule has 0 bridgehead atoms. The first-order chi connectivity index (χ1) is 5.86. The topological polar surface area (TPSA) is 0 Å². The zero-order valence-corrected chi connectivity index (χ0v) is 7.59. The Hall–Kier alpha value is -1.01. The van der Waals surface area contributed by atoms with Crippen molar-refractivity contribution < 1.29 is 0 Å². The molecule has 0 amide bonds. The highest BCUT2D eigenvalue weighted by Crippen LogP contribution is 2.06. The lowest BCUT2D eigenvalue weighted by molar-refractivity contribution is 1.61. The molecule has 0 N–H and O–H groups in total. The molecule has 0 heterocycles. The SMILES string of the molecule is C=Cc1ccc(C=CCCl)cc1. The van der Waals surface area contributed by atoms with Crippen LogP contribution in [0.1, 0.15) is 11.1 Å². The zero-order valence-electron chi connectivity index (χ0n) is 6.83. The molecule has 0 nitrogen and oxygen atoms in total. The smallest absolute Gasteiger partial charge is 0.0407 e. The van der Waals surface area contributed by atoms with E-state index in [2.05, 4.69) is 6.58 Å². The van der Waals surface area contributed by atoms with Crippen LogP contribution in [0.5, 0.6) is 0 Å². The summed E-state index contributed by atoms with van der Waals surface area (Å²) >= 11 is 5.51. The van der Waals surface area contributed by atoms with Gasteiger partial charge in [-0.2, -0.15) is 0 Å². The van der Waals surface area contributed by atoms with Crippen LogP contribution < -0.4 is 0 Å². The molecule has 1 rings (SSSR count). The fraction of sp³-hybridized carbons (Fsp3) is 0.0909. The highest BCUT2D eigenvalue weighted by molar-refractivity contribution is 6.19. The largest absolute Gasteiger partial charge is 0.122 e. The summed E-state index contributed by atoms with van der Waals surface area (Å²) in [6, 6.07) is 8.14. The molecule has 0 saturated heterocycles. The van der Waals surface area contributed by atoms with Crippen LogP contribution in [0.15, 0.2) is 36.9 Å². The van der Waals surface area contributed by atoms with E-state index in [4.69, 9.17) is 11.6 Å². The average molecular weight is 179 g/mol. The van der Waals surface area contributed by atoms with E-state index < -0.39 is 0 Å². The van der Waals surface area contributed by atoms with Crippen LogP contribution in [0.3, 0.4) is 0 Å². The van der Waals surface area contributed by atoms with Gasteiger partial charge >= 0.3 is 0 Å². The van der Waals surface area contributed by atoms with E-state index in [1.165, 1.54) is 5.56 Å². The van der Waals surface area contributed by atoms with Gasteiger partial charge in [-0.3, -0.25) is 0 Å². The molecule has 0 aliphatic heterocycles. The van der Waals surface area contributed by atoms with E-state index in [0.29, 0.717) is 5.88 Å². The van der Waals surface area contributed by atoms with Gasteiger partial charge in [-0.05, 0) is 11.1 Å². The molecule has 0 spiro atoms. The van der Waals surface area contributed by atoms with E-state index in [0.717, 1.165) is 5.56 Å². The van der Waals surface area contributed by atoms with Crippen LogP contribution in [0, 0.1) is 0 Å². The monoisotopic (exact) mass is 178 g/mol. The maximum absolute atomic E-state index is 5.51. The molecule has 0 fully saturated rings. The molecule has 0 aliphatic carbocycles. The molecular weight excluding hydrogens is 168 g/mol. The van der Waals surface area contributed by atoms with Gasteiger partial charge in [0.2, 0.25) is 0 Å². The Balaban J connectivity index is 2.77. The van der Waals surface area contributed by atoms with Crippen molar-refractivity contribution in [1.29, 1.82) is 0 Å². The Morgan fingerprint density at radius 1 is 1.17 bits per heavy atom. The van der Waals surface area contributed by atoms with Gasteiger partial charge in [0, 0.05) is 5.88 Å². The van der Waals surface area contributed by atoms with Crippen molar-refractivity contribution in [2.75, 3.05) is 5.88 Å². The Bertz CT molecular complexity index is 270. The molecule has 1 heteroatoms. The second kappa shape index (κ2) is 4.78. The van der Waals surface area contributed by atoms with E-state index in [-0.39, 0.29) is 0 Å². The number of allylic oxidation sites excluding steroid dienone is 1. The fourth-order valence-electron chi connectivity index (χ4n) is 0.924. The minimum Gasteiger partial charge on any atom is -0.122 e. The van der Waals surface area contributed by atoms with Crippen LogP contribution in [0.25, 0.3) is 12.2 Å². The second-order valence-corrected chi connectivity index (χ2v) is 2.74. The number of hydrogen-bond donors (Lipinski definition) is 0. The summed E-state index contributed by atoms with van der Waals surface area (Å²) in [5, 5.41) is 0. The lowest BCUT2D eigenvalue weighted by Crippen LogP contribution is -1.73. The standard InChI is InChI=1S/C11H11Cl/c1-2-10-5-7-11(8-6-10)4-3-9-12/h2-8H,1,9H2. The van der Waals surface area contributed by atoms with Gasteiger partial charge in [0.25, 0.3) is 0 Å². The molecule has 0 aliphatic rings. The summed E-state index contributed by atoms with van der Waals surface area (Å²) in [6.07, 6.45) is 5.75. The van der Waals surface area contributed by atoms with Crippen LogP contribution >= 0.6 is 11.6 Å². The molecule has 0 aromatic heterocycles. The van der Waals surface area contributed by atoms with Gasteiger partial charge < -0.3 is 0 Å². The first kappa shape index (κ1) is 9.08. The molecule has 1 aromatic carbocycles. The lowest BCUT2D eigenvalue weighted by atomic mass is 10.1. The average Bonchev–Trinajstić information content (AvgIpc) is 2.15. The number of rotatable bonds is 3. The fourth-order valence-corrected chi connectivity index (χ4v) is 1.01. The number of alkyl halides is 1. The Kier molecular flexibility index (Phi) is 3.62. The Morgan fingerprint density at radius 2 is 1.75 bits per heavy atom. The highest BCUT2D eigenvalue weighted by Gasteiger charge is 1.85. The summed E-state index contributed by atoms with van der Waals surface area (Å²) in [4.78, 5) is 0. The van der Waals surface area contributed by atoms with Gasteiger partial charge in [0.1, 0.15) is 0 Å². The van der Waals surface area contributed by atoms with E-state index in [1.54, 1.807) is 0 Å². The zero-order chi connectivity index (χ0) is 8.81. The van der Waals surface area contributed by atoms with Gasteiger partial charge in [0.05, 0.1) is 0 Å². The summed E-state index contributed by atoms with van der Waals surface area (Å²) in [7, 11) is 0. The third kappa shape index (κ3) is 2.55. The molecular formula is C11H11Cl. The first-order valence-corrected chi connectivity index (χ1v) is 4.35. The maximum Gasteiger partial charge on any atom is 0.0407 e. The third-order valence-electron chi connectivity index (χ3n) is 1.57. The third-order valence-corrected chi connectivity index (χ3v) is 1.75. The predicted molar refractivity (Wildman–Crippen MR) is 56.3 cm³/mol. The van der Waals surface area contributed by atoms with Crippen molar-refractivity contribution in [3.8, 4) is 0 Å². The van der Waals surface area contributed by atoms with E-state index >= 15 is 0 Å². The summed E-state index contributed by atoms with van der Waals surface area (Å²) in [5.41, 5.74) is 2.30. The van der Waals surface area contributed by atoms with E-state index in [1.807, 2.05) is 42.5 Å². The summed E-state index contributed by atoms with van der Waals surface area (Å²) < 4.78 is 0. The van der Waals surface area contributed by atoms with Crippen molar-refractivity contribution in [1.82, 2.24) is 0 Å². The predicted octanol–water partition coefficient (Wildman–Crippen LogP) is 3.58. The highest BCUT2D eigenvalue weighted by atomic mass is 35.5. The van der Waals surface area contributed by atoms with Crippen LogP contribution in [-0.4, -0.2) is 5.88 Å². The summed E-state index contributed by atoms with van der Waals surface area (Å²) in [5.74, 6) is 0.559. The van der Waals surface area contributed by atoms with Crippen LogP contribution in [0.2, 0.25) is 0 Å². The second-order valence-electron chi connectivity index (χ2n) is 2.43. The molecule has 0 unspecified atom stereocenters. The normalized spacial score (nSPS) is 10.4. The quantitative estimate of drug-likeness (QED) is 0.621. The minimum absolute atomic E-state index is 0.559. The van der Waals surface area contributed by atoms with Gasteiger partial charge in [-0.15, -0.1) is 11.6 Å². The molecule has 1 aromatic rings. The van der Waals surface area contributed by atoms with Crippen molar-refractivity contribution in [3.63, 3.8) is 0 Å². The maximum atomic E-state index is 5.51. The molecule has 62 valence electrons. The lowest BCUT2D eigenvalue weighted by Gasteiger charge is -1.93. The first-order valence-electron chi connectivity index (χ1n) is 3.82. The van der Waals surface area contributed by atoms with Crippen molar-refractivity contribution in [2.24, 2.45) is 0 Å². The molecule has 0 atom stereocenters. The molecule has 12 heavy (non-hydrogen) atoms. The van der Waals surface area contributed by atoms with Gasteiger partial charge in [0.15, 0.2) is 0 Å². The molecule has 0 radical (unpaired) electrons. The number of halogens is 1. The minimum atomic E-state index is 0.559. The Labute approximate surface area is 78.2 Å². The van der Waals surface area contributed by atoms with Crippen LogP contribution in [0.4, 0.5) is 0 Å². The van der Waals surface area contributed by atoms with Crippen molar-refractivity contribution in [2.45, 2.75) is 0 Å². The van der Waals surface area contributed by atoms with Crippen molar-refractivity contribution in [3.05, 3.63) is 48.0 Å². The van der Waals surface area contributed by atoms with Crippen molar-refractivity contribution >= 4 is 23.8 Å².